The van der Waals surface area contributed by atoms with E-state index in [4.69, 9.17) is 28.4 Å². The molecule has 278 valence electrons. The first-order valence-electron chi connectivity index (χ1n) is 16.3. The fraction of sp³-hybridized carbons (Fsp3) is 0.606. The summed E-state index contributed by atoms with van der Waals surface area (Å²) in [6.07, 6.45) is -5.30. The summed E-state index contributed by atoms with van der Waals surface area (Å²) < 4.78 is 32.8. The van der Waals surface area contributed by atoms with Gasteiger partial charge in [-0.05, 0) is 30.5 Å². The van der Waals surface area contributed by atoms with Crippen LogP contribution in [-0.2, 0) is 60.7 Å². The van der Waals surface area contributed by atoms with E-state index < -0.39 is 54.5 Å². The van der Waals surface area contributed by atoms with Crippen molar-refractivity contribution in [3.8, 4) is 5.75 Å². The van der Waals surface area contributed by atoms with Crippen molar-refractivity contribution < 1.29 is 72.8 Å². The summed E-state index contributed by atoms with van der Waals surface area (Å²) in [7, 11) is 0. The Kier molecular flexibility index (Phi) is 16.7. The molecule has 0 aromatic heterocycles. The highest BCUT2D eigenvalue weighted by atomic mass is 16.7. The maximum absolute atomic E-state index is 12.1. The normalized spacial score (nSPS) is 21.9. The van der Waals surface area contributed by atoms with Crippen LogP contribution in [0.15, 0.2) is 30.4 Å². The monoisotopic (exact) mass is 710 g/mol. The SMILES string of the molecule is CC(C)C(=O)OCc1cc(CCCOCCOCCOCCNC(=O)CCN2C(=O)C=CC2=O)ccc1O[C@@H]1O[C@H](C(=O)O)[C@@H](O)[C@H](O)[C@H]1O. The van der Waals surface area contributed by atoms with Gasteiger partial charge in [0.15, 0.2) is 6.10 Å². The largest absolute Gasteiger partial charge is 0.479 e. The van der Waals surface area contributed by atoms with Crippen molar-refractivity contribution >= 4 is 29.7 Å². The van der Waals surface area contributed by atoms with Crippen molar-refractivity contribution in [1.29, 1.82) is 0 Å². The van der Waals surface area contributed by atoms with Crippen LogP contribution < -0.4 is 10.1 Å². The third-order valence-electron chi connectivity index (χ3n) is 7.55. The number of carbonyl (C=O) groups excluding carboxylic acids is 4. The zero-order valence-electron chi connectivity index (χ0n) is 28.1. The predicted octanol–water partition coefficient (Wildman–Crippen LogP) is -0.929. The average molecular weight is 711 g/mol. The summed E-state index contributed by atoms with van der Waals surface area (Å²) in [5, 5.41) is 42.4. The molecule has 1 aromatic rings. The molecule has 3 amide bonds. The third kappa shape index (κ3) is 12.7. The van der Waals surface area contributed by atoms with Gasteiger partial charge in [0.1, 0.15) is 30.7 Å². The number of carboxylic acid groups (broad SMARTS) is 1. The predicted molar refractivity (Wildman–Crippen MR) is 170 cm³/mol. The van der Waals surface area contributed by atoms with Crippen molar-refractivity contribution in [2.75, 3.05) is 52.7 Å². The molecule has 17 heteroatoms. The fourth-order valence-corrected chi connectivity index (χ4v) is 4.74. The van der Waals surface area contributed by atoms with Gasteiger partial charge < -0.3 is 54.2 Å². The van der Waals surface area contributed by atoms with E-state index in [1.54, 1.807) is 32.0 Å². The van der Waals surface area contributed by atoms with Crippen LogP contribution in [0.5, 0.6) is 5.75 Å². The molecule has 0 unspecified atom stereocenters. The van der Waals surface area contributed by atoms with E-state index in [1.165, 1.54) is 12.2 Å². The smallest absolute Gasteiger partial charge is 0.335 e. The average Bonchev–Trinajstić information content (AvgIpc) is 3.41. The van der Waals surface area contributed by atoms with Gasteiger partial charge >= 0.3 is 11.9 Å². The summed E-state index contributed by atoms with van der Waals surface area (Å²) in [5.74, 6) is -3.39. The van der Waals surface area contributed by atoms with Gasteiger partial charge in [-0.3, -0.25) is 24.1 Å². The second kappa shape index (κ2) is 20.6. The minimum atomic E-state index is -1.86. The summed E-state index contributed by atoms with van der Waals surface area (Å²) >= 11 is 0. The fourth-order valence-electron chi connectivity index (χ4n) is 4.74. The molecule has 2 aliphatic rings. The molecular formula is C33H46N2O15. The summed E-state index contributed by atoms with van der Waals surface area (Å²) in [6, 6.07) is 5.04. The summed E-state index contributed by atoms with van der Waals surface area (Å²) in [6.45, 7) is 5.57. The van der Waals surface area contributed by atoms with Crippen LogP contribution in [0.25, 0.3) is 0 Å². The third-order valence-corrected chi connectivity index (χ3v) is 7.55. The molecule has 17 nitrogen and oxygen atoms in total. The number of benzene rings is 1. The first-order valence-corrected chi connectivity index (χ1v) is 16.3. The van der Waals surface area contributed by atoms with Gasteiger partial charge in [0.25, 0.3) is 11.8 Å². The van der Waals surface area contributed by atoms with E-state index >= 15 is 0 Å². The number of hydrogen-bond acceptors (Lipinski definition) is 14. The number of nitrogens with zero attached hydrogens (tertiary/aromatic N) is 1. The number of carboxylic acids is 1. The molecule has 1 saturated heterocycles. The molecule has 0 radical (unpaired) electrons. The number of rotatable bonds is 22. The Morgan fingerprint density at radius 3 is 2.18 bits per heavy atom. The van der Waals surface area contributed by atoms with Gasteiger partial charge in [0.2, 0.25) is 12.2 Å². The van der Waals surface area contributed by atoms with Crippen molar-refractivity contribution in [2.24, 2.45) is 5.92 Å². The number of aryl methyl sites for hydroxylation is 1. The Balaban J connectivity index is 1.31. The molecule has 50 heavy (non-hydrogen) atoms. The lowest BCUT2D eigenvalue weighted by molar-refractivity contribution is -0.271. The lowest BCUT2D eigenvalue weighted by atomic mass is 9.99. The van der Waals surface area contributed by atoms with E-state index in [9.17, 15) is 44.4 Å². The number of aliphatic carboxylic acids is 1. The topological polar surface area (TPSA) is 237 Å². The molecule has 5 atom stereocenters. The second-order valence-electron chi connectivity index (χ2n) is 11.8. The lowest BCUT2D eigenvalue weighted by Crippen LogP contribution is -2.61. The Bertz CT molecular complexity index is 1320. The number of ether oxygens (including phenoxy) is 6. The van der Waals surface area contributed by atoms with Crippen LogP contribution in [0.4, 0.5) is 0 Å². The molecule has 0 saturated carbocycles. The van der Waals surface area contributed by atoms with E-state index in [-0.39, 0.29) is 50.3 Å². The maximum atomic E-state index is 12.1. The van der Waals surface area contributed by atoms with E-state index in [0.717, 1.165) is 10.5 Å². The minimum absolute atomic E-state index is 0.0134. The number of aliphatic hydroxyl groups excluding tert-OH is 3. The summed E-state index contributed by atoms with van der Waals surface area (Å²) in [4.78, 5) is 59.4. The Labute approximate surface area is 289 Å². The molecule has 0 bridgehead atoms. The van der Waals surface area contributed by atoms with Gasteiger partial charge in [-0.15, -0.1) is 0 Å². The van der Waals surface area contributed by atoms with Crippen LogP contribution in [0.3, 0.4) is 0 Å². The standard InChI is InChI=1S/C33H46N2O15/c1-20(2)32(44)48-19-22-18-21(5-6-23(22)49-33-29(41)27(39)28(40)30(50-33)31(42)43)4-3-12-45-14-16-47-17-15-46-13-10-34-24(36)9-11-35-25(37)7-8-26(35)38/h5-8,18,20,27-30,33,39-41H,3-4,9-17,19H2,1-2H3,(H,34,36)(H,42,43)/t27-,28-,29+,30-,33+/m0/s1. The zero-order chi connectivity index (χ0) is 36.6. The number of carbonyl (C=O) groups is 5. The quantitative estimate of drug-likeness (QED) is 0.0555. The Morgan fingerprint density at radius 1 is 0.900 bits per heavy atom. The minimum Gasteiger partial charge on any atom is -0.479 e. The van der Waals surface area contributed by atoms with Gasteiger partial charge in [-0.1, -0.05) is 19.9 Å². The Morgan fingerprint density at radius 2 is 1.54 bits per heavy atom. The van der Waals surface area contributed by atoms with Crippen LogP contribution >= 0.6 is 0 Å². The van der Waals surface area contributed by atoms with Crippen LogP contribution in [0, 0.1) is 5.92 Å². The van der Waals surface area contributed by atoms with Crippen molar-refractivity contribution in [1.82, 2.24) is 10.2 Å². The zero-order valence-corrected chi connectivity index (χ0v) is 28.1. The molecule has 3 rings (SSSR count). The number of amides is 3. The molecular weight excluding hydrogens is 664 g/mol. The molecule has 2 heterocycles. The van der Waals surface area contributed by atoms with E-state index in [2.05, 4.69) is 5.32 Å². The lowest BCUT2D eigenvalue weighted by Gasteiger charge is -2.38. The van der Waals surface area contributed by atoms with Crippen LogP contribution in [0.2, 0.25) is 0 Å². The Hall–Kier alpha value is -3.97. The maximum Gasteiger partial charge on any atom is 0.335 e. The molecule has 2 aliphatic heterocycles. The summed E-state index contributed by atoms with van der Waals surface area (Å²) in [5.41, 5.74) is 1.28. The molecule has 1 fully saturated rings. The number of aliphatic hydroxyl groups is 3. The van der Waals surface area contributed by atoms with Crippen LogP contribution in [-0.4, -0.2) is 138 Å². The molecule has 5 N–H and O–H groups in total. The van der Waals surface area contributed by atoms with Crippen molar-refractivity contribution in [3.63, 3.8) is 0 Å². The molecule has 1 aromatic carbocycles. The first kappa shape index (κ1) is 40.5. The molecule has 0 aliphatic carbocycles. The van der Waals surface area contributed by atoms with E-state index in [1.807, 2.05) is 0 Å². The highest BCUT2D eigenvalue weighted by molar-refractivity contribution is 6.13. The van der Waals surface area contributed by atoms with Gasteiger partial charge in [0.05, 0.1) is 39.0 Å². The molecule has 0 spiro atoms. The second-order valence-corrected chi connectivity index (χ2v) is 11.8. The number of hydrogen-bond donors (Lipinski definition) is 5. The number of nitrogens with one attached hydrogen (secondary N) is 1. The number of imide groups is 1. The highest BCUT2D eigenvalue weighted by Gasteiger charge is 2.48. The number of esters is 1. The first-order chi connectivity index (χ1) is 23.9. The van der Waals surface area contributed by atoms with E-state index in [0.29, 0.717) is 51.4 Å². The van der Waals surface area contributed by atoms with Gasteiger partial charge in [-0.2, -0.15) is 0 Å². The van der Waals surface area contributed by atoms with Gasteiger partial charge in [-0.25, -0.2) is 4.79 Å². The van der Waals surface area contributed by atoms with Crippen LogP contribution in [0.1, 0.15) is 37.8 Å². The highest BCUT2D eigenvalue weighted by Crippen LogP contribution is 2.28. The van der Waals surface area contributed by atoms with Crippen molar-refractivity contribution in [3.05, 3.63) is 41.5 Å². The van der Waals surface area contributed by atoms with Crippen molar-refractivity contribution in [2.45, 2.75) is 70.4 Å². The van der Waals surface area contributed by atoms with Gasteiger partial charge in [0, 0.05) is 43.8 Å².